The fourth-order valence-corrected chi connectivity index (χ4v) is 1.29. The van der Waals surface area contributed by atoms with Crippen LogP contribution in [-0.4, -0.2) is 19.8 Å². The molecule has 0 aliphatic carbocycles. The number of rotatable bonds is 6. The van der Waals surface area contributed by atoms with Gasteiger partial charge in [0.1, 0.15) is 5.75 Å². The van der Waals surface area contributed by atoms with Crippen molar-refractivity contribution in [3.63, 3.8) is 0 Å². The second kappa shape index (κ2) is 6.17. The molecular formula is C12H18O3. The zero-order chi connectivity index (χ0) is 11.1. The Morgan fingerprint density at radius 2 is 1.40 bits per heavy atom. The molecule has 0 spiro atoms. The van der Waals surface area contributed by atoms with Gasteiger partial charge in [-0.25, -0.2) is 0 Å². The molecule has 84 valence electrons. The highest BCUT2D eigenvalue weighted by Gasteiger charge is 2.06. The lowest BCUT2D eigenvalue weighted by Gasteiger charge is -2.12. The summed E-state index contributed by atoms with van der Waals surface area (Å²) in [6, 6.07) is 5.62. The van der Waals surface area contributed by atoms with Gasteiger partial charge in [-0.1, -0.05) is 0 Å². The zero-order valence-electron chi connectivity index (χ0n) is 9.58. The summed E-state index contributed by atoms with van der Waals surface area (Å²) in [6.07, 6.45) is 0. The molecule has 0 aliphatic rings. The van der Waals surface area contributed by atoms with E-state index in [-0.39, 0.29) is 0 Å². The summed E-state index contributed by atoms with van der Waals surface area (Å²) in [4.78, 5) is 0. The van der Waals surface area contributed by atoms with Crippen LogP contribution in [0.1, 0.15) is 20.8 Å². The fourth-order valence-electron chi connectivity index (χ4n) is 1.29. The van der Waals surface area contributed by atoms with Crippen LogP contribution in [0.4, 0.5) is 0 Å². The molecule has 0 heterocycles. The Balaban J connectivity index is 2.87. The SMILES string of the molecule is CCOc1ccc(OCC)c(OCC)c1. The van der Waals surface area contributed by atoms with Crippen molar-refractivity contribution in [3.8, 4) is 17.2 Å². The van der Waals surface area contributed by atoms with Gasteiger partial charge < -0.3 is 14.2 Å². The Bertz CT molecular complexity index is 297. The van der Waals surface area contributed by atoms with Crippen LogP contribution in [0.5, 0.6) is 17.2 Å². The minimum Gasteiger partial charge on any atom is -0.494 e. The quantitative estimate of drug-likeness (QED) is 0.722. The average Bonchev–Trinajstić information content (AvgIpc) is 2.23. The normalized spacial score (nSPS) is 9.80. The predicted octanol–water partition coefficient (Wildman–Crippen LogP) is 2.88. The number of ether oxygens (including phenoxy) is 3. The summed E-state index contributed by atoms with van der Waals surface area (Å²) >= 11 is 0. The fraction of sp³-hybridized carbons (Fsp3) is 0.500. The van der Waals surface area contributed by atoms with Gasteiger partial charge in [-0.3, -0.25) is 0 Å². The third kappa shape index (κ3) is 3.35. The standard InChI is InChI=1S/C12H18O3/c1-4-13-10-7-8-11(14-5-2)12(9-10)15-6-3/h7-9H,4-6H2,1-3H3. The molecule has 0 atom stereocenters. The van der Waals surface area contributed by atoms with E-state index in [9.17, 15) is 0 Å². The van der Waals surface area contributed by atoms with E-state index in [1.807, 2.05) is 39.0 Å². The van der Waals surface area contributed by atoms with E-state index in [1.54, 1.807) is 0 Å². The Labute approximate surface area is 91.0 Å². The molecule has 3 heteroatoms. The lowest BCUT2D eigenvalue weighted by atomic mass is 10.3. The van der Waals surface area contributed by atoms with E-state index in [0.29, 0.717) is 19.8 Å². The van der Waals surface area contributed by atoms with Crippen LogP contribution < -0.4 is 14.2 Å². The summed E-state index contributed by atoms with van der Waals surface area (Å²) < 4.78 is 16.3. The van der Waals surface area contributed by atoms with Crippen LogP contribution in [0.2, 0.25) is 0 Å². The third-order valence-electron chi connectivity index (χ3n) is 1.83. The van der Waals surface area contributed by atoms with Gasteiger partial charge in [-0.15, -0.1) is 0 Å². The van der Waals surface area contributed by atoms with Crippen molar-refractivity contribution in [2.75, 3.05) is 19.8 Å². The van der Waals surface area contributed by atoms with Gasteiger partial charge in [0.2, 0.25) is 0 Å². The van der Waals surface area contributed by atoms with Gasteiger partial charge in [0.05, 0.1) is 19.8 Å². The van der Waals surface area contributed by atoms with Crippen molar-refractivity contribution >= 4 is 0 Å². The van der Waals surface area contributed by atoms with Gasteiger partial charge in [0.25, 0.3) is 0 Å². The van der Waals surface area contributed by atoms with Gasteiger partial charge in [0, 0.05) is 6.07 Å². The van der Waals surface area contributed by atoms with Crippen molar-refractivity contribution < 1.29 is 14.2 Å². The third-order valence-corrected chi connectivity index (χ3v) is 1.83. The minimum atomic E-state index is 0.621. The molecule has 0 saturated heterocycles. The highest BCUT2D eigenvalue weighted by atomic mass is 16.5. The molecular weight excluding hydrogens is 192 g/mol. The van der Waals surface area contributed by atoms with E-state index >= 15 is 0 Å². The van der Waals surface area contributed by atoms with Crippen LogP contribution in [0.15, 0.2) is 18.2 Å². The number of hydrogen-bond acceptors (Lipinski definition) is 3. The average molecular weight is 210 g/mol. The van der Waals surface area contributed by atoms with Crippen LogP contribution in [0.3, 0.4) is 0 Å². The molecule has 1 aromatic rings. The second-order valence-corrected chi connectivity index (χ2v) is 2.91. The largest absolute Gasteiger partial charge is 0.494 e. The highest BCUT2D eigenvalue weighted by molar-refractivity contribution is 5.45. The van der Waals surface area contributed by atoms with Crippen molar-refractivity contribution in [3.05, 3.63) is 18.2 Å². The summed E-state index contributed by atoms with van der Waals surface area (Å²) in [5, 5.41) is 0. The predicted molar refractivity (Wildman–Crippen MR) is 59.9 cm³/mol. The molecule has 0 aromatic heterocycles. The Morgan fingerprint density at radius 1 is 0.800 bits per heavy atom. The molecule has 0 bridgehead atoms. The van der Waals surface area contributed by atoms with Crippen molar-refractivity contribution in [2.45, 2.75) is 20.8 Å². The lowest BCUT2D eigenvalue weighted by Crippen LogP contribution is -1.99. The zero-order valence-corrected chi connectivity index (χ0v) is 9.58. The number of benzene rings is 1. The van der Waals surface area contributed by atoms with Crippen LogP contribution in [0.25, 0.3) is 0 Å². The van der Waals surface area contributed by atoms with Gasteiger partial charge in [-0.05, 0) is 32.9 Å². The second-order valence-electron chi connectivity index (χ2n) is 2.91. The van der Waals surface area contributed by atoms with Crippen molar-refractivity contribution in [2.24, 2.45) is 0 Å². The molecule has 15 heavy (non-hydrogen) atoms. The highest BCUT2D eigenvalue weighted by Crippen LogP contribution is 2.31. The molecule has 0 aliphatic heterocycles. The Morgan fingerprint density at radius 3 is 2.00 bits per heavy atom. The maximum atomic E-state index is 5.47. The maximum absolute atomic E-state index is 5.47. The van der Waals surface area contributed by atoms with Gasteiger partial charge >= 0.3 is 0 Å². The van der Waals surface area contributed by atoms with Crippen molar-refractivity contribution in [1.82, 2.24) is 0 Å². The van der Waals surface area contributed by atoms with Gasteiger partial charge in [0.15, 0.2) is 11.5 Å². The van der Waals surface area contributed by atoms with Crippen molar-refractivity contribution in [1.29, 1.82) is 0 Å². The molecule has 0 saturated carbocycles. The minimum absolute atomic E-state index is 0.621. The maximum Gasteiger partial charge on any atom is 0.164 e. The van der Waals surface area contributed by atoms with Crippen LogP contribution in [0, 0.1) is 0 Å². The van der Waals surface area contributed by atoms with E-state index in [2.05, 4.69) is 0 Å². The molecule has 0 fully saturated rings. The molecule has 3 nitrogen and oxygen atoms in total. The molecule has 0 N–H and O–H groups in total. The lowest BCUT2D eigenvalue weighted by molar-refractivity contribution is 0.283. The molecule has 0 unspecified atom stereocenters. The van der Waals surface area contributed by atoms with E-state index in [4.69, 9.17) is 14.2 Å². The van der Waals surface area contributed by atoms with Crippen LogP contribution in [-0.2, 0) is 0 Å². The van der Waals surface area contributed by atoms with E-state index < -0.39 is 0 Å². The smallest absolute Gasteiger partial charge is 0.164 e. The van der Waals surface area contributed by atoms with E-state index in [0.717, 1.165) is 17.2 Å². The first-order valence-electron chi connectivity index (χ1n) is 5.34. The first-order chi connectivity index (χ1) is 7.31. The topological polar surface area (TPSA) is 27.7 Å². The summed E-state index contributed by atoms with van der Waals surface area (Å²) in [6.45, 7) is 7.76. The Kier molecular flexibility index (Phi) is 4.81. The van der Waals surface area contributed by atoms with Gasteiger partial charge in [-0.2, -0.15) is 0 Å². The Hall–Kier alpha value is -1.38. The van der Waals surface area contributed by atoms with E-state index in [1.165, 1.54) is 0 Å². The first-order valence-corrected chi connectivity index (χ1v) is 5.34. The number of hydrogen-bond donors (Lipinski definition) is 0. The van der Waals surface area contributed by atoms with Crippen LogP contribution >= 0.6 is 0 Å². The molecule has 0 radical (unpaired) electrons. The first kappa shape index (κ1) is 11.7. The summed E-state index contributed by atoms with van der Waals surface area (Å²) in [5.41, 5.74) is 0. The molecule has 1 aromatic carbocycles. The summed E-state index contributed by atoms with van der Waals surface area (Å²) in [5.74, 6) is 2.32. The monoisotopic (exact) mass is 210 g/mol. The molecule has 1 rings (SSSR count). The molecule has 0 amide bonds. The summed E-state index contributed by atoms with van der Waals surface area (Å²) in [7, 11) is 0.